The first-order valence-corrected chi connectivity index (χ1v) is 7.78. The number of hydrogen-bond donors (Lipinski definition) is 0. The Morgan fingerprint density at radius 1 is 1.25 bits per heavy atom. The molecule has 0 saturated heterocycles. The Balaban J connectivity index is 2.45. The van der Waals surface area contributed by atoms with Gasteiger partial charge in [-0.15, -0.1) is 0 Å². The van der Waals surface area contributed by atoms with E-state index in [0.29, 0.717) is 18.9 Å². The Morgan fingerprint density at radius 2 is 2.00 bits per heavy atom. The minimum atomic E-state index is 0.270. The summed E-state index contributed by atoms with van der Waals surface area (Å²) in [5.74, 6) is 1.54. The van der Waals surface area contributed by atoms with Gasteiger partial charge in [-0.05, 0) is 43.7 Å². The fourth-order valence-electron chi connectivity index (χ4n) is 1.98. The van der Waals surface area contributed by atoms with E-state index in [-0.39, 0.29) is 5.78 Å². The summed E-state index contributed by atoms with van der Waals surface area (Å²) in [5, 5.41) is 0.736. The maximum Gasteiger partial charge on any atom is 0.138 e. The van der Waals surface area contributed by atoms with Crippen LogP contribution in [0.5, 0.6) is 5.75 Å². The molecule has 0 amide bonds. The molecule has 1 aromatic rings. The standard InChI is InChI=1S/C17H25ClO2/c1-13(2)12-20-16-11-7-10-15(17(16)18)9-6-4-5-8-14(3)19/h7,10-11,13H,4-6,8-9,12H2,1-3H3. The summed E-state index contributed by atoms with van der Waals surface area (Å²) in [4.78, 5) is 10.9. The number of unbranched alkanes of at least 4 members (excludes halogenated alkanes) is 2. The largest absolute Gasteiger partial charge is 0.492 e. The molecule has 0 unspecified atom stereocenters. The van der Waals surface area contributed by atoms with E-state index in [0.717, 1.165) is 42.0 Å². The second-order valence-corrected chi connectivity index (χ2v) is 6.07. The van der Waals surface area contributed by atoms with E-state index in [1.54, 1.807) is 6.92 Å². The Bertz CT molecular complexity index is 427. The van der Waals surface area contributed by atoms with E-state index in [1.165, 1.54) is 0 Å². The molecule has 0 fully saturated rings. The number of benzene rings is 1. The Hall–Kier alpha value is -1.02. The topological polar surface area (TPSA) is 26.3 Å². The Kier molecular flexibility index (Phi) is 7.68. The predicted molar refractivity (Wildman–Crippen MR) is 84.6 cm³/mol. The number of carbonyl (C=O) groups excluding carboxylic acids is 1. The van der Waals surface area contributed by atoms with Crippen LogP contribution < -0.4 is 4.74 Å². The number of ketones is 1. The second-order valence-electron chi connectivity index (χ2n) is 5.70. The van der Waals surface area contributed by atoms with Crippen molar-refractivity contribution in [2.45, 2.75) is 52.9 Å². The summed E-state index contributed by atoms with van der Waals surface area (Å²) in [6.07, 6.45) is 4.71. The van der Waals surface area contributed by atoms with Crippen molar-refractivity contribution in [2.24, 2.45) is 5.92 Å². The van der Waals surface area contributed by atoms with Crippen LogP contribution in [0.2, 0.25) is 5.02 Å². The molecule has 0 radical (unpaired) electrons. The van der Waals surface area contributed by atoms with Gasteiger partial charge < -0.3 is 9.53 Å². The summed E-state index contributed by atoms with van der Waals surface area (Å²) in [5.41, 5.74) is 1.13. The van der Waals surface area contributed by atoms with Crippen molar-refractivity contribution in [1.29, 1.82) is 0 Å². The molecule has 0 spiro atoms. The fraction of sp³-hybridized carbons (Fsp3) is 0.588. The van der Waals surface area contributed by atoms with Crippen LogP contribution in [0.3, 0.4) is 0 Å². The van der Waals surface area contributed by atoms with E-state index in [4.69, 9.17) is 16.3 Å². The van der Waals surface area contributed by atoms with Crippen molar-refractivity contribution < 1.29 is 9.53 Å². The third-order valence-corrected chi connectivity index (χ3v) is 3.52. The third-order valence-electron chi connectivity index (χ3n) is 3.09. The molecule has 0 aliphatic carbocycles. The summed E-state index contributed by atoms with van der Waals surface area (Å²) < 4.78 is 5.72. The van der Waals surface area contributed by atoms with Crippen molar-refractivity contribution in [3.8, 4) is 5.75 Å². The van der Waals surface area contributed by atoms with E-state index >= 15 is 0 Å². The highest BCUT2D eigenvalue weighted by Gasteiger charge is 2.08. The molecule has 2 nitrogen and oxygen atoms in total. The predicted octanol–water partition coefficient (Wildman–Crippen LogP) is 5.07. The van der Waals surface area contributed by atoms with Crippen LogP contribution in [0.25, 0.3) is 0 Å². The van der Waals surface area contributed by atoms with Crippen molar-refractivity contribution >= 4 is 17.4 Å². The normalized spacial score (nSPS) is 10.8. The first-order chi connectivity index (χ1) is 9.50. The fourth-order valence-corrected chi connectivity index (χ4v) is 2.26. The summed E-state index contributed by atoms with van der Waals surface area (Å²) in [7, 11) is 0. The van der Waals surface area contributed by atoms with Crippen molar-refractivity contribution in [3.63, 3.8) is 0 Å². The van der Waals surface area contributed by atoms with Gasteiger partial charge in [0.05, 0.1) is 11.6 Å². The summed E-state index contributed by atoms with van der Waals surface area (Å²) in [6, 6.07) is 5.96. The number of Topliss-reactive ketones (excluding diaryl/α,β-unsaturated/α-hetero) is 1. The molecule has 0 aliphatic rings. The molecule has 1 aromatic carbocycles. The number of carbonyl (C=O) groups is 1. The van der Waals surface area contributed by atoms with Crippen molar-refractivity contribution in [3.05, 3.63) is 28.8 Å². The molecule has 0 N–H and O–H groups in total. The van der Waals surface area contributed by atoms with E-state index in [9.17, 15) is 4.79 Å². The first kappa shape index (κ1) is 17.0. The molecule has 0 saturated carbocycles. The van der Waals surface area contributed by atoms with E-state index in [1.807, 2.05) is 12.1 Å². The van der Waals surface area contributed by atoms with Gasteiger partial charge in [-0.2, -0.15) is 0 Å². The van der Waals surface area contributed by atoms with Gasteiger partial charge in [0.25, 0.3) is 0 Å². The Labute approximate surface area is 127 Å². The highest BCUT2D eigenvalue weighted by Crippen LogP contribution is 2.29. The van der Waals surface area contributed by atoms with Gasteiger partial charge in [-0.3, -0.25) is 0 Å². The zero-order valence-corrected chi connectivity index (χ0v) is 13.5. The van der Waals surface area contributed by atoms with E-state index in [2.05, 4.69) is 19.9 Å². The van der Waals surface area contributed by atoms with Crippen LogP contribution in [-0.4, -0.2) is 12.4 Å². The first-order valence-electron chi connectivity index (χ1n) is 7.40. The van der Waals surface area contributed by atoms with Crippen LogP contribution in [0, 0.1) is 5.92 Å². The van der Waals surface area contributed by atoms with Gasteiger partial charge in [-0.25, -0.2) is 0 Å². The second kappa shape index (κ2) is 9.02. The lowest BCUT2D eigenvalue weighted by atomic mass is 10.0. The van der Waals surface area contributed by atoms with Gasteiger partial charge in [0.15, 0.2) is 0 Å². The quantitative estimate of drug-likeness (QED) is 0.595. The van der Waals surface area contributed by atoms with Crippen molar-refractivity contribution in [1.82, 2.24) is 0 Å². The maximum absolute atomic E-state index is 10.9. The third kappa shape index (κ3) is 6.42. The van der Waals surface area contributed by atoms with Crippen LogP contribution >= 0.6 is 11.6 Å². The number of aryl methyl sites for hydroxylation is 1. The van der Waals surface area contributed by atoms with Gasteiger partial charge in [0, 0.05) is 6.42 Å². The minimum Gasteiger partial charge on any atom is -0.492 e. The summed E-state index contributed by atoms with van der Waals surface area (Å²) >= 11 is 6.38. The van der Waals surface area contributed by atoms with Crippen LogP contribution in [0.1, 0.15) is 52.0 Å². The summed E-state index contributed by atoms with van der Waals surface area (Å²) in [6.45, 7) is 6.56. The van der Waals surface area contributed by atoms with E-state index < -0.39 is 0 Å². The van der Waals surface area contributed by atoms with Crippen LogP contribution in [0.4, 0.5) is 0 Å². The number of ether oxygens (including phenoxy) is 1. The lowest BCUT2D eigenvalue weighted by molar-refractivity contribution is -0.117. The lowest BCUT2D eigenvalue weighted by Gasteiger charge is -2.12. The maximum atomic E-state index is 10.9. The molecule has 0 bridgehead atoms. The van der Waals surface area contributed by atoms with Gasteiger partial charge in [-0.1, -0.05) is 44.0 Å². The minimum absolute atomic E-state index is 0.270. The average Bonchev–Trinajstić information content (AvgIpc) is 2.38. The molecular formula is C17H25ClO2. The smallest absolute Gasteiger partial charge is 0.138 e. The average molecular weight is 297 g/mol. The SMILES string of the molecule is CC(=O)CCCCCc1cccc(OCC(C)C)c1Cl. The van der Waals surface area contributed by atoms with Gasteiger partial charge >= 0.3 is 0 Å². The van der Waals surface area contributed by atoms with Gasteiger partial charge in [0.2, 0.25) is 0 Å². The van der Waals surface area contributed by atoms with Crippen LogP contribution in [-0.2, 0) is 11.2 Å². The zero-order chi connectivity index (χ0) is 15.0. The van der Waals surface area contributed by atoms with Gasteiger partial charge in [0.1, 0.15) is 11.5 Å². The molecule has 0 aromatic heterocycles. The molecular weight excluding hydrogens is 272 g/mol. The molecule has 20 heavy (non-hydrogen) atoms. The number of hydrogen-bond acceptors (Lipinski definition) is 2. The highest BCUT2D eigenvalue weighted by atomic mass is 35.5. The monoisotopic (exact) mass is 296 g/mol. The molecule has 0 aliphatic heterocycles. The number of halogens is 1. The zero-order valence-electron chi connectivity index (χ0n) is 12.7. The molecule has 1 rings (SSSR count). The molecule has 112 valence electrons. The Morgan fingerprint density at radius 3 is 2.65 bits per heavy atom. The molecule has 3 heteroatoms. The molecule has 0 heterocycles. The van der Waals surface area contributed by atoms with Crippen LogP contribution in [0.15, 0.2) is 18.2 Å². The lowest BCUT2D eigenvalue weighted by Crippen LogP contribution is -2.05. The number of rotatable bonds is 9. The van der Waals surface area contributed by atoms with Crippen molar-refractivity contribution in [2.75, 3.05) is 6.61 Å². The highest BCUT2D eigenvalue weighted by molar-refractivity contribution is 6.32. The molecule has 0 atom stereocenters.